The minimum absolute atomic E-state index is 0.135. The lowest BCUT2D eigenvalue weighted by Gasteiger charge is -2.38. The van der Waals surface area contributed by atoms with Crippen molar-refractivity contribution in [2.24, 2.45) is 0 Å². The molecule has 2 aliphatic heterocycles. The Bertz CT molecular complexity index is 474. The van der Waals surface area contributed by atoms with Crippen LogP contribution in [0.5, 0.6) is 0 Å². The van der Waals surface area contributed by atoms with Crippen molar-refractivity contribution in [3.63, 3.8) is 0 Å². The highest BCUT2D eigenvalue weighted by molar-refractivity contribution is 5.94. The molecule has 1 aromatic rings. The standard InChI is InChI=1S/C13H15FN2O2/c14-9-2-1-3-10(6-9)16-12(17)11-4-5-13(18-11)7-15-8-13/h1-3,6,11,15H,4-5,7-8H2,(H,16,17). The molecule has 2 heterocycles. The fraction of sp³-hybridized carbons (Fsp3) is 0.462. The van der Waals surface area contributed by atoms with E-state index in [9.17, 15) is 9.18 Å². The number of ether oxygens (including phenoxy) is 1. The van der Waals surface area contributed by atoms with Crippen LogP contribution < -0.4 is 10.6 Å². The number of carbonyl (C=O) groups is 1. The van der Waals surface area contributed by atoms with Gasteiger partial charge in [-0.3, -0.25) is 4.79 Å². The Balaban J connectivity index is 1.62. The van der Waals surface area contributed by atoms with Crippen molar-refractivity contribution in [3.8, 4) is 0 Å². The highest BCUT2D eigenvalue weighted by Crippen LogP contribution is 2.33. The smallest absolute Gasteiger partial charge is 0.253 e. The molecule has 1 atom stereocenters. The minimum Gasteiger partial charge on any atom is -0.359 e. The van der Waals surface area contributed by atoms with Gasteiger partial charge in [-0.15, -0.1) is 0 Å². The Morgan fingerprint density at radius 3 is 2.94 bits per heavy atom. The predicted octanol–water partition coefficient (Wildman–Crippen LogP) is 1.29. The first-order valence-electron chi connectivity index (χ1n) is 6.12. The average molecular weight is 250 g/mol. The van der Waals surface area contributed by atoms with E-state index in [0.29, 0.717) is 5.69 Å². The first-order valence-corrected chi connectivity index (χ1v) is 6.12. The maximum Gasteiger partial charge on any atom is 0.253 e. The molecule has 18 heavy (non-hydrogen) atoms. The van der Waals surface area contributed by atoms with E-state index in [1.165, 1.54) is 12.1 Å². The summed E-state index contributed by atoms with van der Waals surface area (Å²) < 4.78 is 18.8. The number of carbonyl (C=O) groups excluding carboxylic acids is 1. The van der Waals surface area contributed by atoms with E-state index in [0.717, 1.165) is 25.9 Å². The molecular weight excluding hydrogens is 235 g/mol. The number of benzene rings is 1. The van der Waals surface area contributed by atoms with Gasteiger partial charge in [0.2, 0.25) is 0 Å². The van der Waals surface area contributed by atoms with Crippen LogP contribution in [0.25, 0.3) is 0 Å². The molecule has 1 unspecified atom stereocenters. The van der Waals surface area contributed by atoms with E-state index in [4.69, 9.17) is 4.74 Å². The van der Waals surface area contributed by atoms with E-state index < -0.39 is 6.10 Å². The van der Waals surface area contributed by atoms with Gasteiger partial charge in [-0.2, -0.15) is 0 Å². The molecule has 1 aromatic carbocycles. The molecule has 5 heteroatoms. The van der Waals surface area contributed by atoms with E-state index >= 15 is 0 Å². The predicted molar refractivity (Wildman–Crippen MR) is 64.7 cm³/mol. The second kappa shape index (κ2) is 4.33. The highest BCUT2D eigenvalue weighted by atomic mass is 19.1. The first-order chi connectivity index (χ1) is 8.67. The normalized spacial score (nSPS) is 24.8. The Labute approximate surface area is 105 Å². The monoisotopic (exact) mass is 250 g/mol. The van der Waals surface area contributed by atoms with Crippen molar-refractivity contribution in [2.75, 3.05) is 18.4 Å². The quantitative estimate of drug-likeness (QED) is 0.831. The van der Waals surface area contributed by atoms with Crippen LogP contribution in [0.2, 0.25) is 0 Å². The molecule has 2 N–H and O–H groups in total. The zero-order valence-electron chi connectivity index (χ0n) is 9.91. The molecule has 0 aliphatic carbocycles. The summed E-state index contributed by atoms with van der Waals surface area (Å²) in [6.45, 7) is 1.63. The SMILES string of the molecule is O=C(Nc1cccc(F)c1)C1CCC2(CNC2)O1. The van der Waals surface area contributed by atoms with Crippen LogP contribution in [-0.2, 0) is 9.53 Å². The average Bonchev–Trinajstić information content (AvgIpc) is 2.73. The Kier molecular flexibility index (Phi) is 2.80. The minimum atomic E-state index is -0.421. The topological polar surface area (TPSA) is 50.4 Å². The number of amides is 1. The number of hydrogen-bond acceptors (Lipinski definition) is 3. The number of nitrogens with one attached hydrogen (secondary N) is 2. The molecule has 2 fully saturated rings. The van der Waals surface area contributed by atoms with Crippen LogP contribution >= 0.6 is 0 Å². The molecule has 0 radical (unpaired) electrons. The van der Waals surface area contributed by atoms with Gasteiger partial charge in [-0.1, -0.05) is 6.07 Å². The van der Waals surface area contributed by atoms with Crippen LogP contribution in [0.1, 0.15) is 12.8 Å². The van der Waals surface area contributed by atoms with Gasteiger partial charge in [0.15, 0.2) is 0 Å². The zero-order valence-corrected chi connectivity index (χ0v) is 9.91. The molecule has 0 saturated carbocycles. The fourth-order valence-electron chi connectivity index (χ4n) is 2.45. The molecule has 4 nitrogen and oxygen atoms in total. The van der Waals surface area contributed by atoms with Crippen molar-refractivity contribution >= 4 is 11.6 Å². The van der Waals surface area contributed by atoms with Crippen LogP contribution in [0.15, 0.2) is 24.3 Å². The second-order valence-corrected chi connectivity index (χ2v) is 4.93. The third kappa shape index (κ3) is 2.11. The number of halogens is 1. The molecule has 96 valence electrons. The first kappa shape index (κ1) is 11.6. The summed E-state index contributed by atoms with van der Waals surface area (Å²) >= 11 is 0. The summed E-state index contributed by atoms with van der Waals surface area (Å²) in [7, 11) is 0. The maximum absolute atomic E-state index is 13.0. The molecule has 2 aliphatic rings. The summed E-state index contributed by atoms with van der Waals surface area (Å²) in [5.41, 5.74) is 0.334. The summed E-state index contributed by atoms with van der Waals surface area (Å²) in [6.07, 6.45) is 1.21. The second-order valence-electron chi connectivity index (χ2n) is 4.93. The third-order valence-corrected chi connectivity index (χ3v) is 3.53. The van der Waals surface area contributed by atoms with Gasteiger partial charge in [0.05, 0.1) is 5.60 Å². The highest BCUT2D eigenvalue weighted by Gasteiger charge is 2.46. The van der Waals surface area contributed by atoms with Crippen LogP contribution in [-0.4, -0.2) is 30.7 Å². The van der Waals surface area contributed by atoms with E-state index in [-0.39, 0.29) is 17.3 Å². The summed E-state index contributed by atoms with van der Waals surface area (Å²) in [5.74, 6) is -0.552. The largest absolute Gasteiger partial charge is 0.359 e. The summed E-state index contributed by atoms with van der Waals surface area (Å²) in [6, 6.07) is 5.87. The molecule has 3 rings (SSSR count). The molecule has 1 amide bonds. The summed E-state index contributed by atoms with van der Waals surface area (Å²) in [5, 5.41) is 5.84. The molecule has 1 spiro atoms. The number of hydrogen-bond donors (Lipinski definition) is 2. The van der Waals surface area contributed by atoms with Crippen molar-refractivity contribution in [1.29, 1.82) is 0 Å². The van der Waals surface area contributed by atoms with Crippen LogP contribution in [0, 0.1) is 5.82 Å². The molecular formula is C13H15FN2O2. The van der Waals surface area contributed by atoms with Gasteiger partial charge in [0.1, 0.15) is 11.9 Å². The van der Waals surface area contributed by atoms with Gasteiger partial charge >= 0.3 is 0 Å². The maximum atomic E-state index is 13.0. The van der Waals surface area contributed by atoms with Crippen molar-refractivity contribution in [3.05, 3.63) is 30.1 Å². The van der Waals surface area contributed by atoms with Crippen molar-refractivity contribution in [2.45, 2.75) is 24.5 Å². The van der Waals surface area contributed by atoms with E-state index in [2.05, 4.69) is 10.6 Å². The zero-order chi connectivity index (χ0) is 12.6. The molecule has 2 saturated heterocycles. The van der Waals surface area contributed by atoms with Gasteiger partial charge in [-0.05, 0) is 31.0 Å². The summed E-state index contributed by atoms with van der Waals surface area (Å²) in [4.78, 5) is 12.0. The van der Waals surface area contributed by atoms with Gasteiger partial charge in [0, 0.05) is 18.8 Å². The van der Waals surface area contributed by atoms with Gasteiger partial charge in [0.25, 0.3) is 5.91 Å². The van der Waals surface area contributed by atoms with Gasteiger partial charge < -0.3 is 15.4 Å². The lowest BCUT2D eigenvalue weighted by atomic mass is 9.93. The lowest BCUT2D eigenvalue weighted by Crippen LogP contribution is -2.59. The Morgan fingerprint density at radius 1 is 1.50 bits per heavy atom. The third-order valence-electron chi connectivity index (χ3n) is 3.53. The van der Waals surface area contributed by atoms with Crippen molar-refractivity contribution < 1.29 is 13.9 Å². The van der Waals surface area contributed by atoms with Crippen molar-refractivity contribution in [1.82, 2.24) is 5.32 Å². The van der Waals surface area contributed by atoms with E-state index in [1.807, 2.05) is 0 Å². The Hall–Kier alpha value is -1.46. The van der Waals surface area contributed by atoms with Crippen LogP contribution in [0.4, 0.5) is 10.1 Å². The number of rotatable bonds is 2. The molecule has 0 aromatic heterocycles. The van der Waals surface area contributed by atoms with Crippen LogP contribution in [0.3, 0.4) is 0 Å². The number of anilines is 1. The lowest BCUT2D eigenvalue weighted by molar-refractivity contribution is -0.135. The Morgan fingerprint density at radius 2 is 2.33 bits per heavy atom. The van der Waals surface area contributed by atoms with Gasteiger partial charge in [-0.25, -0.2) is 4.39 Å². The fourth-order valence-corrected chi connectivity index (χ4v) is 2.45. The molecule has 0 bridgehead atoms. The van der Waals surface area contributed by atoms with E-state index in [1.54, 1.807) is 12.1 Å².